The summed E-state index contributed by atoms with van der Waals surface area (Å²) in [6, 6.07) is 8.04. The standard InChI is InChI=1S/C18H26N2O/c1-14-5-4-8-17(11-14)19-18(21)13-20-10-9-15-6-2-3-7-16(15)12-20/h4-5,8,11,15-16H,2-3,6-7,9-10,12-13H2,1H3,(H,19,21)/p+1/t15-,16-/m1/s1. The van der Waals surface area contributed by atoms with Crippen LogP contribution in [0.3, 0.4) is 0 Å². The third-order valence-electron chi connectivity index (χ3n) is 5.20. The Bertz CT molecular complexity index is 500. The minimum Gasteiger partial charge on any atom is -0.327 e. The Morgan fingerprint density at radius 1 is 1.24 bits per heavy atom. The molecule has 2 fully saturated rings. The van der Waals surface area contributed by atoms with Crippen molar-refractivity contribution >= 4 is 11.6 Å². The molecule has 0 aromatic heterocycles. The van der Waals surface area contributed by atoms with E-state index in [4.69, 9.17) is 0 Å². The lowest BCUT2D eigenvalue weighted by Crippen LogP contribution is -3.15. The summed E-state index contributed by atoms with van der Waals surface area (Å²) >= 11 is 0. The zero-order valence-corrected chi connectivity index (χ0v) is 13.0. The van der Waals surface area contributed by atoms with Gasteiger partial charge in [-0.25, -0.2) is 0 Å². The fraction of sp³-hybridized carbons (Fsp3) is 0.611. The van der Waals surface area contributed by atoms with Gasteiger partial charge >= 0.3 is 0 Å². The first-order valence-corrected chi connectivity index (χ1v) is 8.41. The van der Waals surface area contributed by atoms with Gasteiger partial charge in [-0.15, -0.1) is 0 Å². The number of anilines is 1. The van der Waals surface area contributed by atoms with Crippen molar-refractivity contribution in [1.82, 2.24) is 0 Å². The van der Waals surface area contributed by atoms with Crippen molar-refractivity contribution in [2.75, 3.05) is 25.0 Å². The average Bonchev–Trinajstić information content (AvgIpc) is 2.47. The number of fused-ring (bicyclic) bond motifs is 1. The summed E-state index contributed by atoms with van der Waals surface area (Å²) in [6.45, 7) is 5.04. The van der Waals surface area contributed by atoms with Gasteiger partial charge < -0.3 is 10.2 Å². The van der Waals surface area contributed by atoms with Crippen LogP contribution >= 0.6 is 0 Å². The lowest BCUT2D eigenvalue weighted by molar-refractivity contribution is -0.902. The number of carbonyl (C=O) groups is 1. The molecule has 0 radical (unpaired) electrons. The van der Waals surface area contributed by atoms with Crippen LogP contribution in [0.2, 0.25) is 0 Å². The van der Waals surface area contributed by atoms with E-state index in [2.05, 4.69) is 18.3 Å². The van der Waals surface area contributed by atoms with Gasteiger partial charge in [0.2, 0.25) is 0 Å². The van der Waals surface area contributed by atoms with Crippen molar-refractivity contribution in [2.45, 2.75) is 39.0 Å². The van der Waals surface area contributed by atoms with Crippen molar-refractivity contribution in [1.29, 1.82) is 0 Å². The quantitative estimate of drug-likeness (QED) is 0.876. The van der Waals surface area contributed by atoms with Crippen molar-refractivity contribution in [3.05, 3.63) is 29.8 Å². The minimum absolute atomic E-state index is 0.157. The lowest BCUT2D eigenvalue weighted by Gasteiger charge is -2.38. The van der Waals surface area contributed by atoms with E-state index < -0.39 is 0 Å². The van der Waals surface area contributed by atoms with E-state index in [1.807, 2.05) is 18.2 Å². The van der Waals surface area contributed by atoms with Crippen LogP contribution in [0.1, 0.15) is 37.7 Å². The van der Waals surface area contributed by atoms with Crippen molar-refractivity contribution in [2.24, 2.45) is 11.8 Å². The zero-order valence-electron chi connectivity index (χ0n) is 13.0. The minimum atomic E-state index is 0.157. The Morgan fingerprint density at radius 3 is 2.86 bits per heavy atom. The van der Waals surface area contributed by atoms with E-state index >= 15 is 0 Å². The van der Waals surface area contributed by atoms with E-state index in [-0.39, 0.29) is 5.91 Å². The first-order valence-electron chi connectivity index (χ1n) is 8.41. The predicted molar refractivity (Wildman–Crippen MR) is 85.4 cm³/mol. The summed E-state index contributed by atoms with van der Waals surface area (Å²) in [7, 11) is 0. The molecule has 0 spiro atoms. The number of carbonyl (C=O) groups excluding carboxylic acids is 1. The van der Waals surface area contributed by atoms with Crippen LogP contribution in [0, 0.1) is 18.8 Å². The highest BCUT2D eigenvalue weighted by molar-refractivity contribution is 5.91. The van der Waals surface area contributed by atoms with E-state index in [0.717, 1.165) is 17.5 Å². The molecule has 3 nitrogen and oxygen atoms in total. The monoisotopic (exact) mass is 287 g/mol. The molecule has 1 heterocycles. The number of aryl methyl sites for hydroxylation is 1. The highest BCUT2D eigenvalue weighted by Gasteiger charge is 2.34. The molecule has 114 valence electrons. The molecular formula is C18H27N2O+. The number of amides is 1. The molecule has 1 aromatic rings. The van der Waals surface area contributed by atoms with Gasteiger partial charge in [-0.05, 0) is 49.8 Å². The van der Waals surface area contributed by atoms with Crippen LogP contribution in [0.25, 0.3) is 0 Å². The number of rotatable bonds is 3. The predicted octanol–water partition coefficient (Wildman–Crippen LogP) is 2.03. The maximum Gasteiger partial charge on any atom is 0.279 e. The second kappa shape index (κ2) is 6.61. The second-order valence-corrected chi connectivity index (χ2v) is 6.89. The summed E-state index contributed by atoms with van der Waals surface area (Å²) < 4.78 is 0. The molecule has 3 rings (SSSR count). The third kappa shape index (κ3) is 3.85. The van der Waals surface area contributed by atoms with Gasteiger partial charge in [0.05, 0.1) is 13.1 Å². The van der Waals surface area contributed by atoms with E-state index in [1.165, 1.54) is 55.7 Å². The van der Waals surface area contributed by atoms with Crippen LogP contribution in [0.4, 0.5) is 5.69 Å². The molecule has 1 saturated heterocycles. The topological polar surface area (TPSA) is 33.5 Å². The van der Waals surface area contributed by atoms with Gasteiger partial charge in [0.15, 0.2) is 6.54 Å². The molecule has 1 saturated carbocycles. The Labute approximate surface area is 127 Å². The van der Waals surface area contributed by atoms with Gasteiger partial charge in [0.1, 0.15) is 0 Å². The Morgan fingerprint density at radius 2 is 2.05 bits per heavy atom. The van der Waals surface area contributed by atoms with Crippen LogP contribution in [0.15, 0.2) is 24.3 Å². The van der Waals surface area contributed by atoms with Crippen LogP contribution in [-0.2, 0) is 4.79 Å². The Kier molecular flexibility index (Phi) is 4.59. The molecule has 1 aromatic carbocycles. The molecular weight excluding hydrogens is 260 g/mol. The van der Waals surface area contributed by atoms with Gasteiger partial charge in [0, 0.05) is 11.6 Å². The van der Waals surface area contributed by atoms with E-state index in [0.29, 0.717) is 6.54 Å². The molecule has 2 N–H and O–H groups in total. The summed E-state index contributed by atoms with van der Waals surface area (Å²) in [6.07, 6.45) is 6.94. The molecule has 1 amide bonds. The molecule has 1 aliphatic carbocycles. The Balaban J connectivity index is 1.51. The van der Waals surface area contributed by atoms with Crippen LogP contribution in [0.5, 0.6) is 0 Å². The van der Waals surface area contributed by atoms with E-state index in [1.54, 1.807) is 0 Å². The van der Waals surface area contributed by atoms with Gasteiger partial charge in [0.25, 0.3) is 5.91 Å². The maximum atomic E-state index is 12.2. The molecule has 3 heteroatoms. The molecule has 3 atom stereocenters. The Hall–Kier alpha value is -1.35. The largest absolute Gasteiger partial charge is 0.327 e. The third-order valence-corrected chi connectivity index (χ3v) is 5.20. The van der Waals surface area contributed by atoms with Gasteiger partial charge in [-0.1, -0.05) is 25.0 Å². The SMILES string of the molecule is Cc1cccc(NC(=O)C[NH+]2CC[C@H]3CCCC[C@@H]3C2)c1. The zero-order chi connectivity index (χ0) is 14.7. The average molecular weight is 287 g/mol. The molecule has 21 heavy (non-hydrogen) atoms. The van der Waals surface area contributed by atoms with Crippen LogP contribution < -0.4 is 10.2 Å². The highest BCUT2D eigenvalue weighted by Crippen LogP contribution is 2.32. The van der Waals surface area contributed by atoms with Crippen molar-refractivity contribution in [3.63, 3.8) is 0 Å². The number of piperidine rings is 1. The van der Waals surface area contributed by atoms with Crippen LogP contribution in [-0.4, -0.2) is 25.5 Å². The molecule has 0 bridgehead atoms. The normalized spacial score (nSPS) is 28.7. The van der Waals surface area contributed by atoms with Crippen molar-refractivity contribution in [3.8, 4) is 0 Å². The van der Waals surface area contributed by atoms with Crippen molar-refractivity contribution < 1.29 is 9.69 Å². The second-order valence-electron chi connectivity index (χ2n) is 6.89. The fourth-order valence-corrected chi connectivity index (χ4v) is 4.11. The smallest absolute Gasteiger partial charge is 0.279 e. The lowest BCUT2D eigenvalue weighted by atomic mass is 9.75. The number of nitrogens with one attached hydrogen (secondary N) is 2. The summed E-state index contributed by atoms with van der Waals surface area (Å²) in [5, 5.41) is 3.04. The molecule has 2 aliphatic rings. The first kappa shape index (κ1) is 14.6. The number of benzene rings is 1. The van der Waals surface area contributed by atoms with Gasteiger partial charge in [-0.2, -0.15) is 0 Å². The van der Waals surface area contributed by atoms with Gasteiger partial charge in [-0.3, -0.25) is 4.79 Å². The maximum absolute atomic E-state index is 12.2. The molecule has 1 unspecified atom stereocenters. The number of likely N-dealkylation sites (tertiary alicyclic amines) is 1. The first-order chi connectivity index (χ1) is 10.2. The highest BCUT2D eigenvalue weighted by atomic mass is 16.2. The summed E-state index contributed by atoms with van der Waals surface area (Å²) in [4.78, 5) is 13.7. The number of hydrogen-bond acceptors (Lipinski definition) is 1. The molecule has 1 aliphatic heterocycles. The summed E-state index contributed by atoms with van der Waals surface area (Å²) in [5.41, 5.74) is 2.11. The summed E-state index contributed by atoms with van der Waals surface area (Å²) in [5.74, 6) is 1.97. The number of quaternary nitrogens is 1. The fourth-order valence-electron chi connectivity index (χ4n) is 4.11. The van der Waals surface area contributed by atoms with E-state index in [9.17, 15) is 4.79 Å². The number of hydrogen-bond donors (Lipinski definition) is 2.